The van der Waals surface area contributed by atoms with Crippen molar-refractivity contribution in [1.82, 2.24) is 10.2 Å². The van der Waals surface area contributed by atoms with E-state index in [-0.39, 0.29) is 29.5 Å². The van der Waals surface area contributed by atoms with Gasteiger partial charge in [-0.3, -0.25) is 14.4 Å². The zero-order valence-corrected chi connectivity index (χ0v) is 23.9. The maximum absolute atomic E-state index is 13.4. The van der Waals surface area contributed by atoms with Crippen molar-refractivity contribution in [2.75, 3.05) is 25.0 Å². The minimum Gasteiger partial charge on any atom is -0.494 e. The summed E-state index contributed by atoms with van der Waals surface area (Å²) in [7, 11) is 0. The molecule has 0 aliphatic carbocycles. The lowest BCUT2D eigenvalue weighted by atomic mass is 9.90. The van der Waals surface area contributed by atoms with E-state index in [1.165, 1.54) is 24.3 Å². The van der Waals surface area contributed by atoms with Gasteiger partial charge in [-0.25, -0.2) is 4.39 Å². The van der Waals surface area contributed by atoms with E-state index in [2.05, 4.69) is 10.6 Å². The number of benzene rings is 2. The number of nitrogens with two attached hydrogens (primary N) is 1. The number of anilines is 1. The summed E-state index contributed by atoms with van der Waals surface area (Å²) in [6, 6.07) is 9.50. The van der Waals surface area contributed by atoms with E-state index >= 15 is 0 Å². The number of halogens is 1. The Bertz CT molecular complexity index is 1100. The molecular formula is C30H43FN4O4. The molecule has 0 saturated carbocycles. The molecule has 4 N–H and O–H groups in total. The van der Waals surface area contributed by atoms with E-state index in [1.54, 1.807) is 30.0 Å². The van der Waals surface area contributed by atoms with Gasteiger partial charge in [0, 0.05) is 47.9 Å². The summed E-state index contributed by atoms with van der Waals surface area (Å²) in [5, 5.41) is 5.82. The molecule has 3 amide bonds. The Labute approximate surface area is 231 Å². The molecule has 39 heavy (non-hydrogen) atoms. The van der Waals surface area contributed by atoms with Gasteiger partial charge in [0.15, 0.2) is 0 Å². The van der Waals surface area contributed by atoms with Crippen molar-refractivity contribution >= 4 is 23.4 Å². The fourth-order valence-corrected chi connectivity index (χ4v) is 4.38. The lowest BCUT2D eigenvalue weighted by molar-refractivity contribution is -0.119. The van der Waals surface area contributed by atoms with Crippen molar-refractivity contribution in [3.05, 3.63) is 59.4 Å². The van der Waals surface area contributed by atoms with Crippen molar-refractivity contribution in [2.45, 2.75) is 66.5 Å². The van der Waals surface area contributed by atoms with Crippen molar-refractivity contribution in [1.29, 1.82) is 0 Å². The van der Waals surface area contributed by atoms with E-state index in [9.17, 15) is 18.8 Å². The molecule has 0 heterocycles. The minimum atomic E-state index is -0.503. The third-order valence-electron chi connectivity index (χ3n) is 6.52. The number of nitrogens with zero attached hydrogens (tertiary/aromatic N) is 1. The maximum atomic E-state index is 13.4. The van der Waals surface area contributed by atoms with Gasteiger partial charge in [-0.05, 0) is 82.0 Å². The highest BCUT2D eigenvalue weighted by molar-refractivity contribution is 6.00. The van der Waals surface area contributed by atoms with Gasteiger partial charge in [0.25, 0.3) is 11.8 Å². The second-order valence-corrected chi connectivity index (χ2v) is 10.2. The van der Waals surface area contributed by atoms with Crippen LogP contribution in [-0.2, 0) is 4.79 Å². The normalized spacial score (nSPS) is 13.4. The predicted octanol–water partition coefficient (Wildman–Crippen LogP) is 4.84. The van der Waals surface area contributed by atoms with Gasteiger partial charge in [0.05, 0.1) is 6.61 Å². The van der Waals surface area contributed by atoms with E-state index in [0.717, 1.165) is 0 Å². The van der Waals surface area contributed by atoms with Crippen molar-refractivity contribution in [3.63, 3.8) is 0 Å². The molecular weight excluding hydrogens is 499 g/mol. The summed E-state index contributed by atoms with van der Waals surface area (Å²) in [6.07, 6.45) is 0.935. The molecule has 0 aliphatic rings. The summed E-state index contributed by atoms with van der Waals surface area (Å²) in [6.45, 7) is 13.0. The fraction of sp³-hybridized carbons (Fsp3) is 0.500. The summed E-state index contributed by atoms with van der Waals surface area (Å²) in [5.41, 5.74) is 7.73. The molecule has 0 aromatic heterocycles. The summed E-state index contributed by atoms with van der Waals surface area (Å²) < 4.78 is 18.8. The van der Waals surface area contributed by atoms with Gasteiger partial charge >= 0.3 is 0 Å². The number of carbonyl (C=O) groups excluding carboxylic acids is 3. The number of hydrogen-bond donors (Lipinski definition) is 3. The Kier molecular flexibility index (Phi) is 12.4. The van der Waals surface area contributed by atoms with Crippen LogP contribution in [0.15, 0.2) is 42.5 Å². The van der Waals surface area contributed by atoms with E-state index in [4.69, 9.17) is 10.5 Å². The van der Waals surface area contributed by atoms with Crippen LogP contribution in [0.2, 0.25) is 0 Å². The Morgan fingerprint density at radius 1 is 0.949 bits per heavy atom. The lowest BCUT2D eigenvalue weighted by Gasteiger charge is -2.28. The van der Waals surface area contributed by atoms with Crippen LogP contribution in [0.1, 0.15) is 75.1 Å². The van der Waals surface area contributed by atoms with Crippen LogP contribution in [-0.4, -0.2) is 54.4 Å². The fourth-order valence-electron chi connectivity index (χ4n) is 4.38. The van der Waals surface area contributed by atoms with Gasteiger partial charge in [-0.15, -0.1) is 0 Å². The molecule has 0 unspecified atom stereocenters. The molecule has 0 saturated heterocycles. The summed E-state index contributed by atoms with van der Waals surface area (Å²) in [5.74, 6) is -0.934. The number of rotatable bonds is 14. The molecule has 0 fully saturated rings. The third kappa shape index (κ3) is 9.66. The molecule has 2 aromatic rings. The molecule has 8 nitrogen and oxygen atoms in total. The highest BCUT2D eigenvalue weighted by atomic mass is 19.1. The average Bonchev–Trinajstić information content (AvgIpc) is 2.89. The monoisotopic (exact) mass is 542 g/mol. The number of nitrogens with one attached hydrogen (secondary N) is 2. The second-order valence-electron chi connectivity index (χ2n) is 10.2. The number of carbonyl (C=O) groups is 3. The molecule has 9 heteroatoms. The quantitative estimate of drug-likeness (QED) is 0.316. The Hall–Kier alpha value is -3.46. The topological polar surface area (TPSA) is 114 Å². The SMILES string of the molecule is CCOc1cc(C(=O)N[C@@H](CC(C)C)[C@@H](N)C[C@@H](C)C(=O)Nc2ccc(F)cc2)cc(C(=O)N(CC)CC)c1. The van der Waals surface area contributed by atoms with Gasteiger partial charge in [-0.1, -0.05) is 20.8 Å². The molecule has 0 aliphatic heterocycles. The van der Waals surface area contributed by atoms with Gasteiger partial charge in [-0.2, -0.15) is 0 Å². The van der Waals surface area contributed by atoms with Gasteiger partial charge < -0.3 is 26.0 Å². The first-order chi connectivity index (χ1) is 18.5. The van der Waals surface area contributed by atoms with Crippen LogP contribution in [0.3, 0.4) is 0 Å². The van der Waals surface area contributed by atoms with E-state index < -0.39 is 18.0 Å². The van der Waals surface area contributed by atoms with Crippen LogP contribution in [0.4, 0.5) is 10.1 Å². The van der Waals surface area contributed by atoms with Crippen molar-refractivity contribution < 1.29 is 23.5 Å². The zero-order chi connectivity index (χ0) is 29.1. The number of hydrogen-bond acceptors (Lipinski definition) is 5. The molecule has 0 bridgehead atoms. The largest absolute Gasteiger partial charge is 0.494 e. The van der Waals surface area contributed by atoms with Crippen LogP contribution >= 0.6 is 0 Å². The third-order valence-corrected chi connectivity index (χ3v) is 6.52. The van der Waals surface area contributed by atoms with Crippen LogP contribution in [0.5, 0.6) is 5.75 Å². The standard InChI is InChI=1S/C30H43FN4O4/c1-7-35(8-2)30(38)22-16-21(17-25(18-22)39-9-3)29(37)34-27(14-19(4)5)26(32)15-20(6)28(36)33-24-12-10-23(31)11-13-24/h10-13,16-20,26-27H,7-9,14-15,32H2,1-6H3,(H,33,36)(H,34,37)/t20-,26+,27+/m1/s1. The first-order valence-electron chi connectivity index (χ1n) is 13.7. The van der Waals surface area contributed by atoms with E-state index in [0.29, 0.717) is 55.1 Å². The summed E-state index contributed by atoms with van der Waals surface area (Å²) >= 11 is 0. The van der Waals surface area contributed by atoms with Crippen LogP contribution in [0, 0.1) is 17.7 Å². The van der Waals surface area contributed by atoms with Gasteiger partial charge in [0.2, 0.25) is 5.91 Å². The maximum Gasteiger partial charge on any atom is 0.253 e. The Balaban J connectivity index is 2.20. The highest BCUT2D eigenvalue weighted by Crippen LogP contribution is 2.21. The first-order valence-corrected chi connectivity index (χ1v) is 13.7. The molecule has 3 atom stereocenters. The van der Waals surface area contributed by atoms with Crippen molar-refractivity contribution in [2.24, 2.45) is 17.6 Å². The van der Waals surface area contributed by atoms with Crippen LogP contribution in [0.25, 0.3) is 0 Å². The minimum absolute atomic E-state index is 0.174. The second kappa shape index (κ2) is 15.2. The van der Waals surface area contributed by atoms with Gasteiger partial charge in [0.1, 0.15) is 11.6 Å². The Morgan fingerprint density at radius 3 is 2.13 bits per heavy atom. The number of ether oxygens (including phenoxy) is 1. The molecule has 214 valence electrons. The molecule has 0 radical (unpaired) electrons. The summed E-state index contributed by atoms with van der Waals surface area (Å²) in [4.78, 5) is 40.8. The molecule has 2 aromatic carbocycles. The highest BCUT2D eigenvalue weighted by Gasteiger charge is 2.27. The predicted molar refractivity (Wildman–Crippen MR) is 152 cm³/mol. The van der Waals surface area contributed by atoms with Crippen molar-refractivity contribution in [3.8, 4) is 5.75 Å². The lowest BCUT2D eigenvalue weighted by Crippen LogP contribution is -2.49. The molecule has 2 rings (SSSR count). The first kappa shape index (κ1) is 31.8. The molecule has 0 spiro atoms. The smallest absolute Gasteiger partial charge is 0.253 e. The average molecular weight is 543 g/mol. The Morgan fingerprint density at radius 2 is 1.56 bits per heavy atom. The zero-order valence-electron chi connectivity index (χ0n) is 23.9. The van der Waals surface area contributed by atoms with Crippen LogP contribution < -0.4 is 21.1 Å². The number of amides is 3. The van der Waals surface area contributed by atoms with E-state index in [1.807, 2.05) is 34.6 Å².